The molecule has 0 fully saturated rings. The normalized spacial score (nSPS) is 11.5. The molecule has 0 saturated heterocycles. The molecule has 0 bridgehead atoms. The van der Waals surface area contributed by atoms with Crippen LogP contribution in [0.25, 0.3) is 78.1 Å². The van der Waals surface area contributed by atoms with Gasteiger partial charge in [-0.3, -0.25) is 0 Å². The van der Waals surface area contributed by atoms with Crippen molar-refractivity contribution in [1.82, 2.24) is 9.97 Å². The molecule has 0 atom stereocenters. The van der Waals surface area contributed by atoms with Crippen molar-refractivity contribution in [3.05, 3.63) is 133 Å². The van der Waals surface area contributed by atoms with Gasteiger partial charge in [-0.25, -0.2) is 9.97 Å². The highest BCUT2D eigenvalue weighted by molar-refractivity contribution is 6.09. The summed E-state index contributed by atoms with van der Waals surface area (Å²) >= 11 is 0. The standard InChI is InChI=1S/C36H22N2O2/c1-2-9-23(10-3-1)24-17-19-25(20-18-24)30-22-31(38-36(37-30)34-21-26-11-4-6-15-32(26)39-34)29-14-8-13-28-27-12-5-7-16-33(27)40-35(28)29/h1-22H. The molecular weight excluding hydrogens is 492 g/mol. The van der Waals surface area contributed by atoms with Gasteiger partial charge in [-0.2, -0.15) is 0 Å². The van der Waals surface area contributed by atoms with Crippen molar-refractivity contribution >= 4 is 32.9 Å². The van der Waals surface area contributed by atoms with Crippen LogP contribution in [-0.2, 0) is 0 Å². The Hall–Kier alpha value is -5.48. The first-order valence-corrected chi connectivity index (χ1v) is 13.2. The second kappa shape index (κ2) is 9.07. The molecule has 8 aromatic rings. The average molecular weight is 515 g/mol. The molecule has 5 aromatic carbocycles. The van der Waals surface area contributed by atoms with Crippen LogP contribution in [0.1, 0.15) is 0 Å². The molecule has 0 saturated carbocycles. The first-order valence-electron chi connectivity index (χ1n) is 13.2. The molecule has 0 N–H and O–H groups in total. The van der Waals surface area contributed by atoms with E-state index in [1.54, 1.807) is 0 Å². The zero-order chi connectivity index (χ0) is 26.5. The number of benzene rings is 5. The van der Waals surface area contributed by atoms with Gasteiger partial charge in [0.05, 0.1) is 11.4 Å². The van der Waals surface area contributed by atoms with Gasteiger partial charge >= 0.3 is 0 Å². The summed E-state index contributed by atoms with van der Waals surface area (Å²) in [4.78, 5) is 10.00. The van der Waals surface area contributed by atoms with Crippen LogP contribution in [0.5, 0.6) is 0 Å². The van der Waals surface area contributed by atoms with Gasteiger partial charge in [-0.15, -0.1) is 0 Å². The van der Waals surface area contributed by atoms with Gasteiger partial charge in [0.25, 0.3) is 0 Å². The lowest BCUT2D eigenvalue weighted by Crippen LogP contribution is -1.95. The SMILES string of the molecule is c1ccc(-c2ccc(-c3cc(-c4cccc5c4oc4ccccc45)nc(-c4cc5ccccc5o4)n3)cc2)cc1. The zero-order valence-corrected chi connectivity index (χ0v) is 21.4. The number of fused-ring (bicyclic) bond motifs is 4. The number of furan rings is 2. The Morgan fingerprint density at radius 3 is 1.98 bits per heavy atom. The molecule has 3 heterocycles. The lowest BCUT2D eigenvalue weighted by molar-refractivity contribution is 0.625. The van der Waals surface area contributed by atoms with Gasteiger partial charge in [0, 0.05) is 27.3 Å². The number of rotatable bonds is 4. The van der Waals surface area contributed by atoms with Crippen LogP contribution in [0.4, 0.5) is 0 Å². The molecule has 40 heavy (non-hydrogen) atoms. The maximum atomic E-state index is 6.36. The van der Waals surface area contributed by atoms with E-state index >= 15 is 0 Å². The third-order valence-electron chi connectivity index (χ3n) is 7.34. The first kappa shape index (κ1) is 22.5. The van der Waals surface area contributed by atoms with Crippen molar-refractivity contribution in [3.63, 3.8) is 0 Å². The van der Waals surface area contributed by atoms with Crippen LogP contribution >= 0.6 is 0 Å². The summed E-state index contributed by atoms with van der Waals surface area (Å²) < 4.78 is 12.6. The number of hydrogen-bond acceptors (Lipinski definition) is 4. The van der Waals surface area contributed by atoms with E-state index in [1.807, 2.05) is 60.7 Å². The van der Waals surface area contributed by atoms with Crippen molar-refractivity contribution in [2.45, 2.75) is 0 Å². The third kappa shape index (κ3) is 3.77. The molecule has 8 rings (SSSR count). The highest BCUT2D eigenvalue weighted by Gasteiger charge is 2.18. The number of aromatic nitrogens is 2. The molecule has 0 aliphatic heterocycles. The molecule has 0 aliphatic carbocycles. The predicted octanol–water partition coefficient (Wildman–Crippen LogP) is 9.79. The molecule has 4 heteroatoms. The minimum atomic E-state index is 0.531. The minimum Gasteiger partial charge on any atom is -0.455 e. The molecule has 3 aromatic heterocycles. The van der Waals surface area contributed by atoms with Gasteiger partial charge in [0.15, 0.2) is 11.6 Å². The Morgan fingerprint density at radius 1 is 0.450 bits per heavy atom. The van der Waals surface area contributed by atoms with Crippen LogP contribution < -0.4 is 0 Å². The van der Waals surface area contributed by atoms with E-state index in [2.05, 4.69) is 72.8 Å². The largest absolute Gasteiger partial charge is 0.455 e. The van der Waals surface area contributed by atoms with Gasteiger partial charge in [0.2, 0.25) is 0 Å². The maximum absolute atomic E-state index is 6.36. The van der Waals surface area contributed by atoms with Crippen molar-refractivity contribution in [1.29, 1.82) is 0 Å². The molecule has 0 amide bonds. The van der Waals surface area contributed by atoms with E-state index in [0.29, 0.717) is 11.6 Å². The van der Waals surface area contributed by atoms with Gasteiger partial charge in [-0.05, 0) is 41.5 Å². The van der Waals surface area contributed by atoms with Crippen LogP contribution in [0.3, 0.4) is 0 Å². The smallest absolute Gasteiger partial charge is 0.196 e. The summed E-state index contributed by atoms with van der Waals surface area (Å²) in [5.41, 5.74) is 8.30. The fourth-order valence-electron chi connectivity index (χ4n) is 5.35. The summed E-state index contributed by atoms with van der Waals surface area (Å²) in [6.07, 6.45) is 0. The van der Waals surface area contributed by atoms with Crippen LogP contribution in [0, 0.1) is 0 Å². The summed E-state index contributed by atoms with van der Waals surface area (Å²) in [6, 6.07) is 45.2. The Balaban J connectivity index is 1.33. The molecule has 0 aliphatic rings. The molecule has 0 spiro atoms. The van der Waals surface area contributed by atoms with Crippen molar-refractivity contribution in [3.8, 4) is 45.2 Å². The number of para-hydroxylation sites is 3. The molecule has 0 unspecified atom stereocenters. The molecule has 4 nitrogen and oxygen atoms in total. The third-order valence-corrected chi connectivity index (χ3v) is 7.34. The summed E-state index contributed by atoms with van der Waals surface area (Å²) in [5.74, 6) is 1.16. The quantitative estimate of drug-likeness (QED) is 0.234. The highest BCUT2D eigenvalue weighted by Crippen LogP contribution is 2.37. The van der Waals surface area contributed by atoms with Gasteiger partial charge < -0.3 is 8.83 Å². The predicted molar refractivity (Wildman–Crippen MR) is 161 cm³/mol. The van der Waals surface area contributed by atoms with E-state index in [-0.39, 0.29) is 0 Å². The summed E-state index contributed by atoms with van der Waals surface area (Å²) in [6.45, 7) is 0. The lowest BCUT2D eigenvalue weighted by Gasteiger charge is -2.09. The Labute approximate surface area is 230 Å². The van der Waals surface area contributed by atoms with E-state index in [9.17, 15) is 0 Å². The first-order chi connectivity index (χ1) is 19.8. The summed E-state index contributed by atoms with van der Waals surface area (Å²) in [7, 11) is 0. The minimum absolute atomic E-state index is 0.531. The van der Waals surface area contributed by atoms with Crippen LogP contribution in [0.2, 0.25) is 0 Å². The van der Waals surface area contributed by atoms with Crippen molar-refractivity contribution < 1.29 is 8.83 Å². The lowest BCUT2D eigenvalue weighted by atomic mass is 10.0. The average Bonchev–Trinajstić information content (AvgIpc) is 3.63. The monoisotopic (exact) mass is 514 g/mol. The van der Waals surface area contributed by atoms with Crippen LogP contribution in [-0.4, -0.2) is 9.97 Å². The highest BCUT2D eigenvalue weighted by atomic mass is 16.3. The van der Waals surface area contributed by atoms with E-state index in [0.717, 1.165) is 61.0 Å². The topological polar surface area (TPSA) is 52.1 Å². The van der Waals surface area contributed by atoms with Crippen molar-refractivity contribution in [2.75, 3.05) is 0 Å². The van der Waals surface area contributed by atoms with E-state index in [4.69, 9.17) is 18.8 Å². The number of nitrogens with zero attached hydrogens (tertiary/aromatic N) is 2. The molecular formula is C36H22N2O2. The Morgan fingerprint density at radius 2 is 1.12 bits per heavy atom. The Kier molecular flexibility index (Phi) is 5.10. The van der Waals surface area contributed by atoms with E-state index in [1.165, 1.54) is 5.56 Å². The second-order valence-corrected chi connectivity index (χ2v) is 9.83. The molecule has 188 valence electrons. The van der Waals surface area contributed by atoms with E-state index < -0.39 is 0 Å². The van der Waals surface area contributed by atoms with Crippen molar-refractivity contribution in [2.24, 2.45) is 0 Å². The zero-order valence-electron chi connectivity index (χ0n) is 21.4. The number of hydrogen-bond donors (Lipinski definition) is 0. The molecule has 0 radical (unpaired) electrons. The summed E-state index contributed by atoms with van der Waals surface area (Å²) in [5, 5.41) is 3.16. The fourth-order valence-corrected chi connectivity index (χ4v) is 5.35. The van der Waals surface area contributed by atoms with Gasteiger partial charge in [0.1, 0.15) is 16.7 Å². The van der Waals surface area contributed by atoms with Gasteiger partial charge in [-0.1, -0.05) is 103 Å². The fraction of sp³-hybridized carbons (Fsp3) is 0. The second-order valence-electron chi connectivity index (χ2n) is 9.83. The maximum Gasteiger partial charge on any atom is 0.196 e. The Bertz CT molecular complexity index is 2120. The van der Waals surface area contributed by atoms with Crippen LogP contribution in [0.15, 0.2) is 142 Å².